The highest BCUT2D eigenvalue weighted by atomic mass is 32.2. The maximum absolute atomic E-state index is 10.0. The van der Waals surface area contributed by atoms with E-state index in [-0.39, 0.29) is 6.61 Å². The van der Waals surface area contributed by atoms with Gasteiger partial charge in [0.1, 0.15) is 0 Å². The maximum Gasteiger partial charge on any atom is 0.333 e. The van der Waals surface area contributed by atoms with Gasteiger partial charge in [-0.1, -0.05) is 12.7 Å². The van der Waals surface area contributed by atoms with Crippen LogP contribution in [0.15, 0.2) is 6.08 Å². The minimum Gasteiger partial charge on any atom is -0.258 e. The van der Waals surface area contributed by atoms with Crippen molar-refractivity contribution in [1.82, 2.24) is 0 Å². The lowest BCUT2D eigenvalue weighted by Crippen LogP contribution is -2.16. The third-order valence-corrected chi connectivity index (χ3v) is 1.03. The van der Waals surface area contributed by atoms with Crippen LogP contribution in [0, 0.1) is 6.58 Å². The van der Waals surface area contributed by atoms with Gasteiger partial charge >= 0.3 is 10.3 Å². The molecule has 0 rings (SSSR count). The Bertz CT molecular complexity index is 172. The largest absolute Gasteiger partial charge is 0.333 e. The lowest BCUT2D eigenvalue weighted by atomic mass is 10.5. The van der Waals surface area contributed by atoms with Crippen LogP contribution in [0.5, 0.6) is 0 Å². The molecule has 0 amide bonds. The molecule has 0 aliphatic rings. The molecule has 53 valence electrons. The highest BCUT2D eigenvalue weighted by molar-refractivity contribution is 7.84. The normalized spacial score (nSPS) is 11.2. The fourth-order valence-electron chi connectivity index (χ4n) is 0.232. The predicted molar refractivity (Wildman–Crippen MR) is 32.5 cm³/mol. The van der Waals surface area contributed by atoms with Crippen LogP contribution in [0.1, 0.15) is 6.42 Å². The third kappa shape index (κ3) is 7.61. The molecule has 9 heavy (non-hydrogen) atoms. The summed E-state index contributed by atoms with van der Waals surface area (Å²) < 4.78 is 24.1. The smallest absolute Gasteiger partial charge is 0.258 e. The van der Waals surface area contributed by atoms with E-state index in [2.05, 4.69) is 9.32 Å². The van der Waals surface area contributed by atoms with Gasteiger partial charge in [0.05, 0.1) is 6.61 Å². The summed E-state index contributed by atoms with van der Waals surface area (Å²) in [6.07, 6.45) is 1.67. The van der Waals surface area contributed by atoms with E-state index in [9.17, 15) is 8.42 Å². The van der Waals surface area contributed by atoms with Crippen LogP contribution in [0.2, 0.25) is 0 Å². The van der Waals surface area contributed by atoms with Gasteiger partial charge in [-0.25, -0.2) is 5.14 Å². The zero-order chi connectivity index (χ0) is 7.33. The Hall–Kier alpha value is -0.390. The van der Waals surface area contributed by atoms with Gasteiger partial charge in [0.2, 0.25) is 0 Å². The minimum atomic E-state index is -3.77. The van der Waals surface area contributed by atoms with E-state index in [1.165, 1.54) is 6.08 Å². The van der Waals surface area contributed by atoms with Crippen molar-refractivity contribution in [3.8, 4) is 0 Å². The molecule has 0 atom stereocenters. The molecule has 0 spiro atoms. The van der Waals surface area contributed by atoms with E-state index in [4.69, 9.17) is 6.58 Å². The minimum absolute atomic E-state index is 0.00926. The van der Waals surface area contributed by atoms with Crippen LogP contribution in [-0.2, 0) is 14.5 Å². The molecule has 0 bridgehead atoms. The van der Waals surface area contributed by atoms with Gasteiger partial charge in [-0.15, -0.1) is 0 Å². The summed E-state index contributed by atoms with van der Waals surface area (Å²) in [6.45, 7) is 4.93. The van der Waals surface area contributed by atoms with E-state index < -0.39 is 10.3 Å². The first-order valence-corrected chi connectivity index (χ1v) is 3.74. The summed E-state index contributed by atoms with van der Waals surface area (Å²) in [7, 11) is -3.77. The van der Waals surface area contributed by atoms with Crippen molar-refractivity contribution in [2.24, 2.45) is 5.14 Å². The van der Waals surface area contributed by atoms with E-state index in [0.29, 0.717) is 6.42 Å². The Morgan fingerprint density at radius 3 is 2.56 bits per heavy atom. The zero-order valence-electron chi connectivity index (χ0n) is 4.78. The Balaban J connectivity index is 3.40. The summed E-state index contributed by atoms with van der Waals surface area (Å²) >= 11 is 0. The second-order valence-corrected chi connectivity index (χ2v) is 2.56. The summed E-state index contributed by atoms with van der Waals surface area (Å²) in [5.74, 6) is 0. The fraction of sp³-hybridized carbons (Fsp3) is 0.500. The fourth-order valence-corrected chi connectivity index (χ4v) is 0.561. The lowest BCUT2D eigenvalue weighted by molar-refractivity contribution is 0.325. The molecule has 0 fully saturated rings. The molecule has 0 saturated heterocycles. The average molecular weight is 150 g/mol. The van der Waals surface area contributed by atoms with Gasteiger partial charge in [0, 0.05) is 0 Å². The van der Waals surface area contributed by atoms with E-state index in [0.717, 1.165) is 0 Å². The molecule has 2 N–H and O–H groups in total. The second-order valence-electron chi connectivity index (χ2n) is 1.34. The Labute approximate surface area is 54.6 Å². The van der Waals surface area contributed by atoms with Crippen molar-refractivity contribution in [2.45, 2.75) is 6.42 Å². The number of nitrogens with two attached hydrogens (primary N) is 1. The van der Waals surface area contributed by atoms with Gasteiger partial charge in [-0.3, -0.25) is 4.18 Å². The lowest BCUT2D eigenvalue weighted by Gasteiger charge is -1.94. The van der Waals surface area contributed by atoms with Crippen molar-refractivity contribution < 1.29 is 12.6 Å². The van der Waals surface area contributed by atoms with Gasteiger partial charge in [0.25, 0.3) is 0 Å². The highest BCUT2D eigenvalue weighted by Crippen LogP contribution is 1.85. The summed E-state index contributed by atoms with van der Waals surface area (Å²) in [5.41, 5.74) is 0. The highest BCUT2D eigenvalue weighted by Gasteiger charge is 1.98. The molecule has 5 heteroatoms. The summed E-state index contributed by atoms with van der Waals surface area (Å²) in [6, 6.07) is 0. The van der Waals surface area contributed by atoms with Crippen LogP contribution in [-0.4, -0.2) is 15.0 Å². The van der Waals surface area contributed by atoms with Crippen molar-refractivity contribution in [2.75, 3.05) is 6.61 Å². The van der Waals surface area contributed by atoms with Crippen LogP contribution in [0.3, 0.4) is 0 Å². The molecule has 0 aromatic heterocycles. The first-order valence-electron chi connectivity index (χ1n) is 2.27. The van der Waals surface area contributed by atoms with E-state index in [1.54, 1.807) is 0 Å². The van der Waals surface area contributed by atoms with E-state index >= 15 is 0 Å². The molecule has 0 saturated carbocycles. The second kappa shape index (κ2) is 3.60. The molecule has 0 heterocycles. The standard InChI is InChI=1S/C4H8NO3S/c1-2-3-4-8-9(5,6)7/h1-2H,3-4H2,(H2,5,6,7). The molecule has 0 aliphatic heterocycles. The molecule has 0 aromatic rings. The SMILES string of the molecule is [CH]=CCCOS(N)(=O)=O. The molecule has 4 nitrogen and oxygen atoms in total. The summed E-state index contributed by atoms with van der Waals surface area (Å²) in [4.78, 5) is 0. The Kier molecular flexibility index (Phi) is 3.44. The summed E-state index contributed by atoms with van der Waals surface area (Å²) in [5, 5.41) is 4.47. The predicted octanol–water partition coefficient (Wildman–Crippen LogP) is -0.414. The molecule has 1 radical (unpaired) electrons. The zero-order valence-corrected chi connectivity index (χ0v) is 5.60. The molecule has 0 aromatic carbocycles. The van der Waals surface area contributed by atoms with Crippen LogP contribution < -0.4 is 5.14 Å². The number of hydrogen-bond acceptors (Lipinski definition) is 3. The van der Waals surface area contributed by atoms with Crippen molar-refractivity contribution in [3.63, 3.8) is 0 Å². The first kappa shape index (κ1) is 8.61. The quantitative estimate of drug-likeness (QED) is 0.553. The van der Waals surface area contributed by atoms with E-state index in [1.807, 2.05) is 0 Å². The Morgan fingerprint density at radius 2 is 2.22 bits per heavy atom. The molecular formula is C4H8NO3S. The van der Waals surface area contributed by atoms with Crippen LogP contribution in [0.4, 0.5) is 0 Å². The number of hydrogen-bond donors (Lipinski definition) is 1. The van der Waals surface area contributed by atoms with Crippen LogP contribution in [0.25, 0.3) is 0 Å². The maximum atomic E-state index is 10.0. The van der Waals surface area contributed by atoms with Crippen LogP contribution >= 0.6 is 0 Å². The first-order chi connectivity index (χ1) is 4.06. The van der Waals surface area contributed by atoms with Crippen molar-refractivity contribution in [3.05, 3.63) is 12.7 Å². The van der Waals surface area contributed by atoms with Gasteiger partial charge in [0.15, 0.2) is 0 Å². The van der Waals surface area contributed by atoms with Crippen molar-refractivity contribution in [1.29, 1.82) is 0 Å². The third-order valence-electron chi connectivity index (χ3n) is 0.532. The van der Waals surface area contributed by atoms with Gasteiger partial charge in [-0.05, 0) is 6.42 Å². The number of rotatable bonds is 4. The molecule has 0 aliphatic carbocycles. The topological polar surface area (TPSA) is 69.4 Å². The van der Waals surface area contributed by atoms with Crippen molar-refractivity contribution >= 4 is 10.3 Å². The molecule has 0 unspecified atom stereocenters. The molecular weight excluding hydrogens is 142 g/mol. The van der Waals surface area contributed by atoms with Gasteiger partial charge < -0.3 is 0 Å². The average Bonchev–Trinajstić information content (AvgIpc) is 1.63. The Morgan fingerprint density at radius 1 is 1.67 bits per heavy atom. The van der Waals surface area contributed by atoms with Gasteiger partial charge in [-0.2, -0.15) is 8.42 Å². The monoisotopic (exact) mass is 150 g/mol.